The van der Waals surface area contributed by atoms with Gasteiger partial charge in [-0.25, -0.2) is 22.3 Å². The van der Waals surface area contributed by atoms with Crippen LogP contribution in [0.5, 0.6) is 0 Å². The zero-order chi connectivity index (χ0) is 21.3. The second-order valence-corrected chi connectivity index (χ2v) is 9.20. The Hall–Kier alpha value is -2.85. The molecule has 0 saturated heterocycles. The highest BCUT2D eigenvalue weighted by Crippen LogP contribution is 2.32. The van der Waals surface area contributed by atoms with Gasteiger partial charge in [0.25, 0.3) is 5.91 Å². The fourth-order valence-electron chi connectivity index (χ4n) is 3.28. The number of carbonyl (C=O) groups is 1. The maximum atomic E-state index is 13.5. The molecule has 0 bridgehead atoms. The molecule has 4 rings (SSSR count). The van der Waals surface area contributed by atoms with Crippen molar-refractivity contribution in [1.29, 1.82) is 0 Å². The van der Waals surface area contributed by atoms with Crippen LogP contribution < -0.4 is 5.32 Å². The van der Waals surface area contributed by atoms with Gasteiger partial charge in [0.15, 0.2) is 5.65 Å². The van der Waals surface area contributed by atoms with E-state index < -0.39 is 15.8 Å². The summed E-state index contributed by atoms with van der Waals surface area (Å²) in [7, 11) is -3.78. The number of hydrogen-bond acceptors (Lipinski definition) is 5. The normalized spacial score (nSPS) is 14.4. The smallest absolute Gasteiger partial charge is 0.256 e. The van der Waals surface area contributed by atoms with Crippen LogP contribution >= 0.6 is 0 Å². The van der Waals surface area contributed by atoms with Crippen molar-refractivity contribution in [2.24, 2.45) is 0 Å². The Balaban J connectivity index is 1.38. The number of benzene rings is 1. The Morgan fingerprint density at radius 3 is 2.87 bits per heavy atom. The lowest BCUT2D eigenvalue weighted by atomic mass is 10.3. The lowest BCUT2D eigenvalue weighted by Gasteiger charge is -2.22. The van der Waals surface area contributed by atoms with Crippen LogP contribution in [0.4, 0.5) is 4.39 Å². The molecule has 8 nitrogen and oxygen atoms in total. The molecule has 10 heteroatoms. The Morgan fingerprint density at radius 1 is 1.33 bits per heavy atom. The summed E-state index contributed by atoms with van der Waals surface area (Å²) >= 11 is 0. The number of carbonyl (C=O) groups excluding carboxylic acids is 1. The van der Waals surface area contributed by atoms with E-state index in [0.29, 0.717) is 24.2 Å². The van der Waals surface area contributed by atoms with Gasteiger partial charge in [-0.1, -0.05) is 6.07 Å². The van der Waals surface area contributed by atoms with Gasteiger partial charge >= 0.3 is 0 Å². The highest BCUT2D eigenvalue weighted by molar-refractivity contribution is 7.89. The largest absolute Gasteiger partial charge is 0.352 e. The third-order valence-corrected chi connectivity index (χ3v) is 6.90. The third kappa shape index (κ3) is 4.19. The molecular weight excluding hydrogens is 409 g/mol. The number of halogens is 1. The molecule has 1 amide bonds. The predicted octanol–water partition coefficient (Wildman–Crippen LogP) is 2.15. The molecule has 0 atom stereocenters. The van der Waals surface area contributed by atoms with Crippen LogP contribution in [-0.4, -0.2) is 52.4 Å². The maximum absolute atomic E-state index is 13.5. The first-order chi connectivity index (χ1) is 14.4. The van der Waals surface area contributed by atoms with Crippen molar-refractivity contribution in [3.05, 3.63) is 59.8 Å². The van der Waals surface area contributed by atoms with Gasteiger partial charge in [-0.2, -0.15) is 9.40 Å². The van der Waals surface area contributed by atoms with Crippen LogP contribution in [0.3, 0.4) is 0 Å². The van der Waals surface area contributed by atoms with Crippen molar-refractivity contribution in [3.8, 4) is 0 Å². The second-order valence-electron chi connectivity index (χ2n) is 7.31. The van der Waals surface area contributed by atoms with E-state index in [0.717, 1.165) is 24.6 Å². The molecule has 0 unspecified atom stereocenters. The summed E-state index contributed by atoms with van der Waals surface area (Å²) in [6.07, 6.45) is 5.20. The van der Waals surface area contributed by atoms with Crippen LogP contribution in [0, 0.1) is 12.7 Å². The van der Waals surface area contributed by atoms with E-state index in [1.807, 2.05) is 6.92 Å². The minimum absolute atomic E-state index is 0.0498. The molecule has 1 aliphatic carbocycles. The minimum Gasteiger partial charge on any atom is -0.352 e. The predicted molar refractivity (Wildman–Crippen MR) is 108 cm³/mol. The van der Waals surface area contributed by atoms with Crippen molar-refractivity contribution in [2.45, 2.75) is 37.1 Å². The van der Waals surface area contributed by atoms with Gasteiger partial charge in [-0.05, 0) is 50.5 Å². The number of aryl methyl sites for hydroxylation is 1. The minimum atomic E-state index is -3.78. The lowest BCUT2D eigenvalue weighted by Crippen LogP contribution is -2.36. The molecule has 0 radical (unpaired) electrons. The van der Waals surface area contributed by atoms with Crippen LogP contribution in [0.1, 0.15) is 35.3 Å². The molecule has 1 saturated carbocycles. The first kappa shape index (κ1) is 20.4. The standard InChI is InChI=1S/C20H22FN5O3S/c1-14-8-11-25-19(24-14)18(13-23-25)20(27)22-9-3-10-26(16-6-7-16)30(28,29)17-5-2-4-15(21)12-17/h2,4-5,8,11-13,16H,3,6-7,9-10H2,1H3,(H,22,27). The summed E-state index contributed by atoms with van der Waals surface area (Å²) < 4.78 is 42.3. The molecule has 1 N–H and O–H groups in total. The van der Waals surface area contributed by atoms with E-state index >= 15 is 0 Å². The average molecular weight is 431 g/mol. The Kier molecular flexibility index (Phi) is 5.52. The van der Waals surface area contributed by atoms with Crippen LogP contribution in [-0.2, 0) is 10.0 Å². The summed E-state index contributed by atoms with van der Waals surface area (Å²) in [5.74, 6) is -0.898. The fourth-order valence-corrected chi connectivity index (χ4v) is 5.03. The number of aromatic nitrogens is 3. The van der Waals surface area contributed by atoms with E-state index in [4.69, 9.17) is 0 Å². The molecule has 0 aliphatic heterocycles. The number of nitrogens with zero attached hydrogens (tertiary/aromatic N) is 4. The fraction of sp³-hybridized carbons (Fsp3) is 0.350. The van der Waals surface area contributed by atoms with Gasteiger partial charge in [0.05, 0.1) is 11.1 Å². The quantitative estimate of drug-likeness (QED) is 0.552. The summed E-state index contributed by atoms with van der Waals surface area (Å²) in [6.45, 7) is 2.37. The lowest BCUT2D eigenvalue weighted by molar-refractivity contribution is 0.0954. The summed E-state index contributed by atoms with van der Waals surface area (Å²) in [6, 6.07) is 6.77. The number of rotatable bonds is 8. The molecule has 158 valence electrons. The Labute approximate surface area is 173 Å². The van der Waals surface area contributed by atoms with Crippen molar-refractivity contribution in [3.63, 3.8) is 0 Å². The van der Waals surface area contributed by atoms with Gasteiger partial charge in [0, 0.05) is 31.0 Å². The summed E-state index contributed by atoms with van der Waals surface area (Å²) in [5.41, 5.74) is 1.62. The number of amides is 1. The van der Waals surface area contributed by atoms with Crippen LogP contribution in [0.25, 0.3) is 5.65 Å². The van der Waals surface area contributed by atoms with E-state index in [1.54, 1.807) is 12.3 Å². The molecule has 2 heterocycles. The molecule has 30 heavy (non-hydrogen) atoms. The second kappa shape index (κ2) is 8.11. The SMILES string of the molecule is Cc1ccn2ncc(C(=O)NCCCN(C3CC3)S(=O)(=O)c3cccc(F)c3)c2n1. The first-order valence-corrected chi connectivity index (χ1v) is 11.2. The number of sulfonamides is 1. The van der Waals surface area contributed by atoms with Crippen LogP contribution in [0.2, 0.25) is 0 Å². The topological polar surface area (TPSA) is 96.7 Å². The van der Waals surface area contributed by atoms with E-state index in [2.05, 4.69) is 15.4 Å². The van der Waals surface area contributed by atoms with Crippen LogP contribution in [0.15, 0.2) is 47.6 Å². The Bertz CT molecular complexity index is 1190. The van der Waals surface area contributed by atoms with E-state index in [1.165, 1.54) is 33.2 Å². The zero-order valence-corrected chi connectivity index (χ0v) is 17.3. The third-order valence-electron chi connectivity index (χ3n) is 4.95. The molecular formula is C20H22FN5O3S. The molecule has 0 spiro atoms. The number of nitrogens with one attached hydrogen (secondary N) is 1. The van der Waals surface area contributed by atoms with Gasteiger partial charge in [0.2, 0.25) is 10.0 Å². The molecule has 3 aromatic rings. The number of hydrogen-bond donors (Lipinski definition) is 1. The molecule has 2 aromatic heterocycles. The number of fused-ring (bicyclic) bond motifs is 1. The van der Waals surface area contributed by atoms with E-state index in [9.17, 15) is 17.6 Å². The summed E-state index contributed by atoms with van der Waals surface area (Å²) in [4.78, 5) is 16.8. The zero-order valence-electron chi connectivity index (χ0n) is 16.5. The molecule has 1 aliphatic rings. The Morgan fingerprint density at radius 2 is 2.13 bits per heavy atom. The molecule has 1 fully saturated rings. The highest BCUT2D eigenvalue weighted by atomic mass is 32.2. The van der Waals surface area contributed by atoms with Crippen molar-refractivity contribution >= 4 is 21.6 Å². The summed E-state index contributed by atoms with van der Waals surface area (Å²) in [5, 5.41) is 6.91. The van der Waals surface area contributed by atoms with Gasteiger partial charge in [-0.15, -0.1) is 0 Å². The van der Waals surface area contributed by atoms with Gasteiger partial charge in [-0.3, -0.25) is 4.79 Å². The van der Waals surface area contributed by atoms with Crippen molar-refractivity contribution < 1.29 is 17.6 Å². The van der Waals surface area contributed by atoms with Crippen molar-refractivity contribution in [2.75, 3.05) is 13.1 Å². The van der Waals surface area contributed by atoms with E-state index in [-0.39, 0.29) is 23.4 Å². The van der Waals surface area contributed by atoms with Gasteiger partial charge in [0.1, 0.15) is 11.4 Å². The van der Waals surface area contributed by atoms with Crippen molar-refractivity contribution in [1.82, 2.24) is 24.2 Å². The first-order valence-electron chi connectivity index (χ1n) is 9.73. The van der Waals surface area contributed by atoms with Gasteiger partial charge < -0.3 is 5.32 Å². The monoisotopic (exact) mass is 431 g/mol. The highest BCUT2D eigenvalue weighted by Gasteiger charge is 2.37. The molecule has 1 aromatic carbocycles. The average Bonchev–Trinajstić information content (AvgIpc) is 3.46. The maximum Gasteiger partial charge on any atom is 0.256 e.